The Bertz CT molecular complexity index is 606. The summed E-state index contributed by atoms with van der Waals surface area (Å²) in [6, 6.07) is 9.42. The van der Waals surface area contributed by atoms with E-state index in [1.165, 1.54) is 0 Å². The summed E-state index contributed by atoms with van der Waals surface area (Å²) in [6.45, 7) is 3.71. The van der Waals surface area contributed by atoms with E-state index in [9.17, 15) is 0 Å². The molecule has 2 rings (SSSR count). The van der Waals surface area contributed by atoms with Crippen molar-refractivity contribution in [3.63, 3.8) is 0 Å². The van der Waals surface area contributed by atoms with Gasteiger partial charge < -0.3 is 5.73 Å². The van der Waals surface area contributed by atoms with Gasteiger partial charge in [-0.2, -0.15) is 0 Å². The minimum Gasteiger partial charge on any atom is -0.398 e. The van der Waals surface area contributed by atoms with Crippen LogP contribution in [0.25, 0.3) is 11.4 Å². The molecule has 84 valence electrons. The maximum Gasteiger partial charge on any atom is 0.162 e. The Hall–Kier alpha value is -2.34. The van der Waals surface area contributed by atoms with E-state index in [2.05, 4.69) is 21.8 Å². The Morgan fingerprint density at radius 1 is 1.18 bits per heavy atom. The van der Waals surface area contributed by atoms with E-state index < -0.39 is 0 Å². The summed E-state index contributed by atoms with van der Waals surface area (Å²) < 4.78 is 0. The van der Waals surface area contributed by atoms with Crippen molar-refractivity contribution in [1.82, 2.24) is 9.97 Å². The fourth-order valence-corrected chi connectivity index (χ4v) is 1.58. The summed E-state index contributed by atoms with van der Waals surface area (Å²) in [5, 5.41) is 0. The number of aryl methyl sites for hydroxylation is 1. The molecule has 0 atom stereocenters. The van der Waals surface area contributed by atoms with Crippen LogP contribution in [0.4, 0.5) is 5.69 Å². The minimum atomic E-state index is 0.626. The number of hydrogen-bond acceptors (Lipinski definition) is 3. The highest BCUT2D eigenvalue weighted by Crippen LogP contribution is 2.22. The van der Waals surface area contributed by atoms with E-state index in [0.29, 0.717) is 11.5 Å². The van der Waals surface area contributed by atoms with Crippen molar-refractivity contribution in [2.45, 2.75) is 13.8 Å². The van der Waals surface area contributed by atoms with Gasteiger partial charge in [-0.15, -0.1) is 0 Å². The number of benzene rings is 1. The summed E-state index contributed by atoms with van der Waals surface area (Å²) >= 11 is 0. The number of rotatable bonds is 1. The molecule has 0 fully saturated rings. The van der Waals surface area contributed by atoms with Crippen LogP contribution in [0.1, 0.15) is 18.3 Å². The minimum absolute atomic E-state index is 0.626. The van der Waals surface area contributed by atoms with Crippen molar-refractivity contribution in [2.24, 2.45) is 0 Å². The molecule has 0 bridgehead atoms. The number of para-hydroxylation sites is 1. The molecule has 2 aromatic rings. The molecule has 0 saturated heterocycles. The number of aromatic nitrogens is 2. The molecule has 3 heteroatoms. The van der Waals surface area contributed by atoms with Gasteiger partial charge in [0, 0.05) is 16.9 Å². The molecule has 1 aromatic carbocycles. The van der Waals surface area contributed by atoms with E-state index in [0.717, 1.165) is 17.0 Å². The second-order valence-corrected chi connectivity index (χ2v) is 3.68. The van der Waals surface area contributed by atoms with Crippen LogP contribution < -0.4 is 5.73 Å². The molecular formula is C14H13N3. The number of anilines is 1. The highest BCUT2D eigenvalue weighted by molar-refractivity contribution is 5.71. The lowest BCUT2D eigenvalue weighted by Gasteiger charge is -2.05. The fraction of sp³-hybridized carbons (Fsp3) is 0.143. The Labute approximate surface area is 101 Å². The van der Waals surface area contributed by atoms with Gasteiger partial charge in [-0.1, -0.05) is 18.1 Å². The maximum atomic E-state index is 5.91. The quantitative estimate of drug-likeness (QED) is 0.596. The molecule has 3 nitrogen and oxygen atoms in total. The summed E-state index contributed by atoms with van der Waals surface area (Å²) in [7, 11) is 0. The molecule has 1 aromatic heterocycles. The fourth-order valence-electron chi connectivity index (χ4n) is 1.58. The van der Waals surface area contributed by atoms with Crippen molar-refractivity contribution in [3.05, 3.63) is 41.7 Å². The predicted octanol–water partition coefficient (Wildman–Crippen LogP) is 2.41. The van der Waals surface area contributed by atoms with Crippen LogP contribution >= 0.6 is 0 Å². The molecule has 0 aliphatic heterocycles. The molecule has 0 saturated carbocycles. The molecule has 0 amide bonds. The van der Waals surface area contributed by atoms with E-state index in [1.54, 1.807) is 6.92 Å². The highest BCUT2D eigenvalue weighted by Gasteiger charge is 2.06. The molecule has 0 unspecified atom stereocenters. The van der Waals surface area contributed by atoms with E-state index in [1.807, 2.05) is 37.3 Å². The predicted molar refractivity (Wildman–Crippen MR) is 69.2 cm³/mol. The number of nitrogen functional groups attached to an aromatic ring is 1. The van der Waals surface area contributed by atoms with E-state index in [4.69, 9.17) is 5.73 Å². The zero-order valence-electron chi connectivity index (χ0n) is 9.86. The lowest BCUT2D eigenvalue weighted by molar-refractivity contribution is 1.10. The first-order valence-corrected chi connectivity index (χ1v) is 5.34. The van der Waals surface area contributed by atoms with Gasteiger partial charge in [-0.3, -0.25) is 0 Å². The van der Waals surface area contributed by atoms with Gasteiger partial charge in [0.05, 0.1) is 0 Å². The van der Waals surface area contributed by atoms with Crippen LogP contribution in [0.15, 0.2) is 30.3 Å². The average Bonchev–Trinajstić information content (AvgIpc) is 2.29. The summed E-state index contributed by atoms with van der Waals surface area (Å²) in [5.74, 6) is 6.39. The lowest BCUT2D eigenvalue weighted by atomic mass is 10.1. The van der Waals surface area contributed by atoms with Crippen LogP contribution in [0.2, 0.25) is 0 Å². The Morgan fingerprint density at radius 3 is 2.65 bits per heavy atom. The first-order chi connectivity index (χ1) is 8.20. The molecular weight excluding hydrogens is 210 g/mol. The van der Waals surface area contributed by atoms with Crippen molar-refractivity contribution in [3.8, 4) is 23.2 Å². The van der Waals surface area contributed by atoms with Crippen LogP contribution in [0.5, 0.6) is 0 Å². The van der Waals surface area contributed by atoms with Crippen molar-refractivity contribution < 1.29 is 0 Å². The topological polar surface area (TPSA) is 51.8 Å². The van der Waals surface area contributed by atoms with Crippen molar-refractivity contribution >= 4 is 5.69 Å². The monoisotopic (exact) mass is 223 g/mol. The Morgan fingerprint density at radius 2 is 1.94 bits per heavy atom. The second kappa shape index (κ2) is 4.67. The zero-order valence-corrected chi connectivity index (χ0v) is 9.86. The normalized spacial score (nSPS) is 9.53. The SMILES string of the molecule is CC#Cc1cc(C)nc(-c2ccccc2N)n1. The van der Waals surface area contributed by atoms with Crippen LogP contribution in [-0.2, 0) is 0 Å². The Balaban J connectivity index is 2.59. The lowest BCUT2D eigenvalue weighted by Crippen LogP contribution is -1.98. The largest absolute Gasteiger partial charge is 0.398 e. The van der Waals surface area contributed by atoms with Gasteiger partial charge >= 0.3 is 0 Å². The first kappa shape index (κ1) is 11.2. The van der Waals surface area contributed by atoms with Gasteiger partial charge in [0.25, 0.3) is 0 Å². The molecule has 0 radical (unpaired) electrons. The summed E-state index contributed by atoms with van der Waals surface area (Å²) in [4.78, 5) is 8.78. The molecule has 1 heterocycles. The molecule has 0 aliphatic carbocycles. The van der Waals surface area contributed by atoms with Crippen LogP contribution in [0.3, 0.4) is 0 Å². The number of nitrogens with zero attached hydrogens (tertiary/aromatic N) is 2. The summed E-state index contributed by atoms with van der Waals surface area (Å²) in [6.07, 6.45) is 0. The van der Waals surface area contributed by atoms with Gasteiger partial charge in [-0.05, 0) is 38.0 Å². The number of nitrogens with two attached hydrogens (primary N) is 1. The van der Waals surface area contributed by atoms with Crippen LogP contribution in [-0.4, -0.2) is 9.97 Å². The maximum absolute atomic E-state index is 5.91. The molecule has 17 heavy (non-hydrogen) atoms. The smallest absolute Gasteiger partial charge is 0.162 e. The molecule has 2 N–H and O–H groups in total. The average molecular weight is 223 g/mol. The molecule has 0 aliphatic rings. The van der Waals surface area contributed by atoms with Crippen molar-refractivity contribution in [1.29, 1.82) is 0 Å². The summed E-state index contributed by atoms with van der Waals surface area (Å²) in [5.41, 5.74) is 9.03. The van der Waals surface area contributed by atoms with Crippen LogP contribution in [0, 0.1) is 18.8 Å². The highest BCUT2D eigenvalue weighted by atomic mass is 14.9. The first-order valence-electron chi connectivity index (χ1n) is 5.34. The van der Waals surface area contributed by atoms with Gasteiger partial charge in [0.15, 0.2) is 5.82 Å². The third-order valence-electron chi connectivity index (χ3n) is 2.31. The third-order valence-corrected chi connectivity index (χ3v) is 2.31. The van der Waals surface area contributed by atoms with Gasteiger partial charge in [-0.25, -0.2) is 9.97 Å². The van der Waals surface area contributed by atoms with Gasteiger partial charge in [0.2, 0.25) is 0 Å². The van der Waals surface area contributed by atoms with E-state index >= 15 is 0 Å². The zero-order chi connectivity index (χ0) is 12.3. The second-order valence-electron chi connectivity index (χ2n) is 3.68. The number of hydrogen-bond donors (Lipinski definition) is 1. The molecule has 0 spiro atoms. The Kier molecular flexibility index (Phi) is 3.06. The van der Waals surface area contributed by atoms with Crippen molar-refractivity contribution in [2.75, 3.05) is 5.73 Å². The van der Waals surface area contributed by atoms with E-state index in [-0.39, 0.29) is 0 Å². The third kappa shape index (κ3) is 2.43. The standard InChI is InChI=1S/C14H13N3/c1-3-6-11-9-10(2)16-14(17-11)12-7-4-5-8-13(12)15/h4-5,7-9H,15H2,1-2H3. The van der Waals surface area contributed by atoms with Gasteiger partial charge in [0.1, 0.15) is 5.69 Å².